The van der Waals surface area contributed by atoms with Crippen LogP contribution in [0.15, 0.2) is 54.9 Å². The molecule has 5 rings (SSSR count). The van der Waals surface area contributed by atoms with Crippen LogP contribution in [0.5, 0.6) is 0 Å². The van der Waals surface area contributed by atoms with Gasteiger partial charge in [-0.2, -0.15) is 5.10 Å². The average molecular weight is 418 g/mol. The fourth-order valence-corrected chi connectivity index (χ4v) is 3.99. The molecule has 0 saturated heterocycles. The number of pyridine rings is 1. The molecular weight excluding hydrogens is 398 g/mol. The number of aromatic nitrogens is 3. The van der Waals surface area contributed by atoms with Gasteiger partial charge in [-0.1, -0.05) is 12.1 Å². The van der Waals surface area contributed by atoms with Crippen molar-refractivity contribution in [1.82, 2.24) is 19.7 Å². The molecule has 0 bridgehead atoms. The second-order valence-corrected chi connectivity index (χ2v) is 8.02. The molecule has 2 aromatic carbocycles. The average Bonchev–Trinajstić information content (AvgIpc) is 3.32. The molecule has 7 heteroatoms. The predicted octanol–water partition coefficient (Wildman–Crippen LogP) is 5.11. The summed E-state index contributed by atoms with van der Waals surface area (Å²) in [5.74, 6) is -1.63. The van der Waals surface area contributed by atoms with Crippen molar-refractivity contribution >= 4 is 16.8 Å². The highest BCUT2D eigenvalue weighted by Gasteiger charge is 2.29. The first-order chi connectivity index (χ1) is 14.9. The number of halogens is 2. The minimum atomic E-state index is -0.681. The number of rotatable bonds is 4. The van der Waals surface area contributed by atoms with Gasteiger partial charge in [0, 0.05) is 29.4 Å². The Balaban J connectivity index is 1.50. The van der Waals surface area contributed by atoms with Crippen LogP contribution in [-0.4, -0.2) is 25.6 Å². The molecule has 4 aromatic rings. The highest BCUT2D eigenvalue weighted by molar-refractivity contribution is 5.97. The van der Waals surface area contributed by atoms with E-state index in [4.69, 9.17) is 0 Å². The Morgan fingerprint density at radius 2 is 1.81 bits per heavy atom. The number of benzene rings is 2. The van der Waals surface area contributed by atoms with Crippen molar-refractivity contribution in [2.24, 2.45) is 0 Å². The second kappa shape index (κ2) is 7.27. The zero-order chi connectivity index (χ0) is 21.7. The van der Waals surface area contributed by atoms with E-state index in [1.54, 1.807) is 18.3 Å². The van der Waals surface area contributed by atoms with Crippen molar-refractivity contribution in [3.05, 3.63) is 83.3 Å². The first-order valence-corrected chi connectivity index (χ1v) is 10.1. The van der Waals surface area contributed by atoms with Gasteiger partial charge in [0.2, 0.25) is 0 Å². The molecule has 1 aliphatic rings. The van der Waals surface area contributed by atoms with Crippen LogP contribution in [-0.2, 0) is 13.1 Å². The second-order valence-electron chi connectivity index (χ2n) is 8.02. The molecule has 3 heterocycles. The number of hydrogen-bond acceptors (Lipinski definition) is 3. The van der Waals surface area contributed by atoms with Crippen molar-refractivity contribution in [2.45, 2.75) is 33.0 Å². The lowest BCUT2D eigenvalue weighted by atomic mass is 9.99. The maximum absolute atomic E-state index is 15.0. The first kappa shape index (κ1) is 19.4. The van der Waals surface area contributed by atoms with Crippen molar-refractivity contribution in [3.63, 3.8) is 0 Å². The van der Waals surface area contributed by atoms with Gasteiger partial charge in [-0.05, 0) is 55.3 Å². The lowest BCUT2D eigenvalue weighted by Crippen LogP contribution is -2.24. The normalized spacial score (nSPS) is 13.5. The van der Waals surface area contributed by atoms with Crippen LogP contribution in [0, 0.1) is 11.6 Å². The molecule has 0 fully saturated rings. The Bertz CT molecular complexity index is 1310. The number of carbonyl (C=O) groups excluding carboxylic acids is 1. The third-order valence-corrected chi connectivity index (χ3v) is 5.65. The van der Waals surface area contributed by atoms with Gasteiger partial charge in [-0.25, -0.2) is 8.78 Å². The zero-order valence-electron chi connectivity index (χ0n) is 17.1. The van der Waals surface area contributed by atoms with Crippen LogP contribution in [0.1, 0.15) is 41.5 Å². The van der Waals surface area contributed by atoms with Crippen molar-refractivity contribution in [2.75, 3.05) is 0 Å². The van der Waals surface area contributed by atoms with E-state index in [2.05, 4.69) is 10.1 Å². The molecular formula is C24H20F2N4O. The monoisotopic (exact) mass is 418 g/mol. The quantitative estimate of drug-likeness (QED) is 0.463. The van der Waals surface area contributed by atoms with Crippen molar-refractivity contribution < 1.29 is 13.6 Å². The van der Waals surface area contributed by atoms with Crippen LogP contribution < -0.4 is 0 Å². The SMILES string of the molecule is CC(C)n1cc2c(-c3cc(F)c(CN4Cc5ncccc5C4=O)c(F)c3)cccc2n1. The molecule has 1 aliphatic heterocycles. The van der Waals surface area contributed by atoms with Gasteiger partial charge < -0.3 is 4.90 Å². The fourth-order valence-electron chi connectivity index (χ4n) is 3.99. The van der Waals surface area contributed by atoms with E-state index >= 15 is 8.78 Å². The highest BCUT2D eigenvalue weighted by atomic mass is 19.1. The van der Waals surface area contributed by atoms with E-state index in [-0.39, 0.29) is 30.6 Å². The smallest absolute Gasteiger partial charge is 0.256 e. The fraction of sp³-hybridized carbons (Fsp3) is 0.208. The zero-order valence-corrected chi connectivity index (χ0v) is 17.1. The maximum atomic E-state index is 15.0. The molecule has 156 valence electrons. The number of carbonyl (C=O) groups is 1. The summed E-state index contributed by atoms with van der Waals surface area (Å²) in [6, 6.07) is 11.7. The molecule has 1 amide bonds. The number of fused-ring (bicyclic) bond motifs is 2. The Kier molecular flexibility index (Phi) is 4.54. The molecule has 2 aromatic heterocycles. The van der Waals surface area contributed by atoms with Crippen molar-refractivity contribution in [1.29, 1.82) is 0 Å². The maximum Gasteiger partial charge on any atom is 0.256 e. The van der Waals surface area contributed by atoms with Gasteiger partial charge in [0.15, 0.2) is 0 Å². The predicted molar refractivity (Wildman–Crippen MR) is 113 cm³/mol. The number of hydrogen-bond donors (Lipinski definition) is 0. The minimum absolute atomic E-state index is 0.130. The van der Waals surface area contributed by atoms with E-state index in [1.807, 2.05) is 42.9 Å². The van der Waals surface area contributed by atoms with E-state index < -0.39 is 11.6 Å². The third-order valence-electron chi connectivity index (χ3n) is 5.65. The van der Waals surface area contributed by atoms with E-state index in [0.717, 1.165) is 10.9 Å². The summed E-state index contributed by atoms with van der Waals surface area (Å²) in [5.41, 5.74) is 2.89. The summed E-state index contributed by atoms with van der Waals surface area (Å²) in [6.45, 7) is 4.13. The standard InChI is InChI=1S/C24H20F2N4O/c1-14(2)30-12-18-16(5-3-7-22(18)28-30)15-9-20(25)19(21(26)10-15)11-29-13-23-17(24(29)31)6-4-8-27-23/h3-10,12,14H,11,13H2,1-2H3. The van der Waals surface area contributed by atoms with Gasteiger partial charge in [-0.15, -0.1) is 0 Å². The third kappa shape index (κ3) is 3.26. The summed E-state index contributed by atoms with van der Waals surface area (Å²) < 4.78 is 31.9. The Labute approximate surface area is 177 Å². The summed E-state index contributed by atoms with van der Waals surface area (Å²) in [5, 5.41) is 5.37. The summed E-state index contributed by atoms with van der Waals surface area (Å²) in [7, 11) is 0. The topological polar surface area (TPSA) is 51.0 Å². The summed E-state index contributed by atoms with van der Waals surface area (Å²) >= 11 is 0. The van der Waals surface area contributed by atoms with Gasteiger partial charge in [-0.3, -0.25) is 14.5 Å². The Hall–Kier alpha value is -3.61. The molecule has 0 N–H and O–H groups in total. The van der Waals surface area contributed by atoms with Crippen LogP contribution in [0.4, 0.5) is 8.78 Å². The molecule has 31 heavy (non-hydrogen) atoms. The largest absolute Gasteiger partial charge is 0.328 e. The molecule has 0 atom stereocenters. The van der Waals surface area contributed by atoms with Gasteiger partial charge in [0.05, 0.1) is 29.9 Å². The number of amides is 1. The Morgan fingerprint density at radius 3 is 2.52 bits per heavy atom. The molecule has 0 spiro atoms. The minimum Gasteiger partial charge on any atom is -0.328 e. The number of nitrogens with zero attached hydrogens (tertiary/aromatic N) is 4. The lowest BCUT2D eigenvalue weighted by molar-refractivity contribution is 0.0763. The highest BCUT2D eigenvalue weighted by Crippen LogP contribution is 2.32. The molecule has 5 nitrogen and oxygen atoms in total. The summed E-state index contributed by atoms with van der Waals surface area (Å²) in [6.07, 6.45) is 3.50. The van der Waals surface area contributed by atoms with E-state index in [9.17, 15) is 4.79 Å². The van der Waals surface area contributed by atoms with Crippen LogP contribution in [0.3, 0.4) is 0 Å². The molecule has 0 saturated carbocycles. The molecule has 0 unspecified atom stereocenters. The van der Waals surface area contributed by atoms with Gasteiger partial charge >= 0.3 is 0 Å². The van der Waals surface area contributed by atoms with Crippen molar-refractivity contribution in [3.8, 4) is 11.1 Å². The first-order valence-electron chi connectivity index (χ1n) is 10.1. The van der Waals surface area contributed by atoms with E-state index in [1.165, 1.54) is 17.0 Å². The lowest BCUT2D eigenvalue weighted by Gasteiger charge is -2.17. The van der Waals surface area contributed by atoms with E-state index in [0.29, 0.717) is 22.4 Å². The molecule has 0 radical (unpaired) electrons. The van der Waals surface area contributed by atoms with Gasteiger partial charge in [0.25, 0.3) is 5.91 Å². The van der Waals surface area contributed by atoms with Crippen LogP contribution in [0.2, 0.25) is 0 Å². The van der Waals surface area contributed by atoms with Gasteiger partial charge in [0.1, 0.15) is 11.6 Å². The summed E-state index contributed by atoms with van der Waals surface area (Å²) in [4.78, 5) is 18.1. The molecule has 0 aliphatic carbocycles. The van der Waals surface area contributed by atoms with Crippen LogP contribution >= 0.6 is 0 Å². The Morgan fingerprint density at radius 1 is 1.06 bits per heavy atom. The van der Waals surface area contributed by atoms with Crippen LogP contribution in [0.25, 0.3) is 22.0 Å².